The third-order valence-corrected chi connectivity index (χ3v) is 4.71. The zero-order valence-corrected chi connectivity index (χ0v) is 11.9. The largest absolute Gasteiger partial charge is 0.378 e. The number of ether oxygens (including phenoxy) is 1. The smallest absolute Gasteiger partial charge is 0.223 e. The zero-order valence-electron chi connectivity index (χ0n) is 11.1. The molecule has 100 valence electrons. The predicted octanol–water partition coefficient (Wildman–Crippen LogP) is 2.86. The summed E-state index contributed by atoms with van der Waals surface area (Å²) >= 11 is 5.98. The molecule has 0 unspecified atom stereocenters. The van der Waals surface area contributed by atoms with Crippen molar-refractivity contribution in [2.75, 3.05) is 13.0 Å². The van der Waals surface area contributed by atoms with Crippen LogP contribution in [-0.2, 0) is 9.53 Å². The Labute approximate surface area is 109 Å². The van der Waals surface area contributed by atoms with Gasteiger partial charge in [0.25, 0.3) is 0 Å². The van der Waals surface area contributed by atoms with Crippen LogP contribution in [0.4, 0.5) is 0 Å². The lowest BCUT2D eigenvalue weighted by Crippen LogP contribution is -2.52. The molecule has 0 heterocycles. The number of hydrogen-bond donors (Lipinski definition) is 1. The standard InChI is InChI=1S/C13H24ClNO2/c1-4-12(5-2,10-14)15-11(16)9-13(17-3)7-6-8-13/h4-10H2,1-3H3,(H,15,16). The number of carbonyl (C=O) groups is 1. The molecule has 1 aliphatic rings. The Hall–Kier alpha value is -0.280. The minimum atomic E-state index is -0.253. The highest BCUT2D eigenvalue weighted by Gasteiger charge is 2.40. The lowest BCUT2D eigenvalue weighted by molar-refractivity contribution is -0.136. The number of alkyl halides is 1. The van der Waals surface area contributed by atoms with Crippen molar-refractivity contribution in [1.82, 2.24) is 5.32 Å². The van der Waals surface area contributed by atoms with E-state index >= 15 is 0 Å². The molecule has 0 atom stereocenters. The van der Waals surface area contributed by atoms with Gasteiger partial charge in [0, 0.05) is 13.0 Å². The van der Waals surface area contributed by atoms with E-state index in [1.54, 1.807) is 7.11 Å². The van der Waals surface area contributed by atoms with Crippen LogP contribution in [0.2, 0.25) is 0 Å². The van der Waals surface area contributed by atoms with Gasteiger partial charge in [0.05, 0.1) is 17.6 Å². The van der Waals surface area contributed by atoms with Gasteiger partial charge in [-0.15, -0.1) is 11.6 Å². The highest BCUT2D eigenvalue weighted by Crippen LogP contribution is 2.38. The fraction of sp³-hybridized carbons (Fsp3) is 0.923. The van der Waals surface area contributed by atoms with Gasteiger partial charge < -0.3 is 10.1 Å². The van der Waals surface area contributed by atoms with Gasteiger partial charge in [0.2, 0.25) is 5.91 Å². The summed E-state index contributed by atoms with van der Waals surface area (Å²) in [5.41, 5.74) is -0.457. The van der Waals surface area contributed by atoms with E-state index in [0.29, 0.717) is 12.3 Å². The number of amides is 1. The van der Waals surface area contributed by atoms with E-state index in [0.717, 1.165) is 32.1 Å². The van der Waals surface area contributed by atoms with Crippen molar-refractivity contribution in [2.24, 2.45) is 0 Å². The Balaban J connectivity index is 2.53. The van der Waals surface area contributed by atoms with Gasteiger partial charge in [-0.1, -0.05) is 13.8 Å². The van der Waals surface area contributed by atoms with Crippen molar-refractivity contribution < 1.29 is 9.53 Å². The first-order valence-electron chi connectivity index (χ1n) is 6.47. The number of rotatable bonds is 7. The molecule has 0 aliphatic heterocycles. The molecule has 1 N–H and O–H groups in total. The molecule has 0 aromatic rings. The van der Waals surface area contributed by atoms with Crippen molar-refractivity contribution in [3.63, 3.8) is 0 Å². The van der Waals surface area contributed by atoms with Crippen LogP contribution in [0.25, 0.3) is 0 Å². The van der Waals surface area contributed by atoms with E-state index in [9.17, 15) is 4.79 Å². The zero-order chi connectivity index (χ0) is 12.9. The average Bonchev–Trinajstić information content (AvgIpc) is 2.31. The highest BCUT2D eigenvalue weighted by atomic mass is 35.5. The van der Waals surface area contributed by atoms with Gasteiger partial charge in [-0.3, -0.25) is 4.79 Å². The van der Waals surface area contributed by atoms with Gasteiger partial charge >= 0.3 is 0 Å². The number of carbonyl (C=O) groups excluding carboxylic acids is 1. The van der Waals surface area contributed by atoms with Crippen molar-refractivity contribution in [3.05, 3.63) is 0 Å². The van der Waals surface area contributed by atoms with Crippen LogP contribution in [0, 0.1) is 0 Å². The normalized spacial score (nSPS) is 18.6. The van der Waals surface area contributed by atoms with Crippen LogP contribution >= 0.6 is 11.6 Å². The van der Waals surface area contributed by atoms with E-state index in [-0.39, 0.29) is 17.0 Å². The van der Waals surface area contributed by atoms with Crippen LogP contribution in [-0.4, -0.2) is 30.0 Å². The molecule has 1 saturated carbocycles. The van der Waals surface area contributed by atoms with Crippen molar-refractivity contribution >= 4 is 17.5 Å². The Kier molecular flexibility index (Phi) is 5.26. The molecule has 1 amide bonds. The summed E-state index contributed by atoms with van der Waals surface area (Å²) in [6.45, 7) is 4.11. The van der Waals surface area contributed by atoms with E-state index in [4.69, 9.17) is 16.3 Å². The van der Waals surface area contributed by atoms with Crippen LogP contribution in [0.5, 0.6) is 0 Å². The lowest BCUT2D eigenvalue weighted by Gasteiger charge is -2.41. The van der Waals surface area contributed by atoms with Gasteiger partial charge in [-0.2, -0.15) is 0 Å². The molecule has 0 aromatic heterocycles. The van der Waals surface area contributed by atoms with Gasteiger partial charge in [-0.25, -0.2) is 0 Å². The van der Waals surface area contributed by atoms with Crippen molar-refractivity contribution in [2.45, 2.75) is 63.5 Å². The maximum Gasteiger partial charge on any atom is 0.223 e. The monoisotopic (exact) mass is 261 g/mol. The number of nitrogens with one attached hydrogen (secondary N) is 1. The Morgan fingerprint density at radius 3 is 2.29 bits per heavy atom. The molecule has 1 rings (SSSR count). The first-order chi connectivity index (χ1) is 8.05. The van der Waals surface area contributed by atoms with Crippen molar-refractivity contribution in [3.8, 4) is 0 Å². The third-order valence-electron chi connectivity index (χ3n) is 4.19. The third kappa shape index (κ3) is 3.35. The predicted molar refractivity (Wildman–Crippen MR) is 70.4 cm³/mol. The van der Waals surface area contributed by atoms with E-state index in [1.807, 2.05) is 0 Å². The number of halogens is 1. The van der Waals surface area contributed by atoms with E-state index in [2.05, 4.69) is 19.2 Å². The summed E-state index contributed by atoms with van der Waals surface area (Å²) < 4.78 is 5.47. The second kappa shape index (κ2) is 6.05. The molecule has 0 saturated heterocycles. The van der Waals surface area contributed by atoms with E-state index in [1.165, 1.54) is 0 Å². The molecule has 17 heavy (non-hydrogen) atoms. The fourth-order valence-electron chi connectivity index (χ4n) is 2.31. The topological polar surface area (TPSA) is 38.3 Å². The summed E-state index contributed by atoms with van der Waals surface area (Å²) in [6.07, 6.45) is 5.31. The van der Waals surface area contributed by atoms with Crippen LogP contribution in [0.15, 0.2) is 0 Å². The molecule has 0 spiro atoms. The molecular formula is C13H24ClNO2. The average molecular weight is 262 g/mol. The first kappa shape index (κ1) is 14.8. The Morgan fingerprint density at radius 1 is 1.41 bits per heavy atom. The first-order valence-corrected chi connectivity index (χ1v) is 7.01. The molecule has 0 bridgehead atoms. The second-order valence-electron chi connectivity index (χ2n) is 5.09. The summed E-state index contributed by atoms with van der Waals surface area (Å²) in [6, 6.07) is 0. The molecule has 4 heteroatoms. The van der Waals surface area contributed by atoms with Gasteiger partial charge in [0.15, 0.2) is 0 Å². The minimum Gasteiger partial charge on any atom is -0.378 e. The van der Waals surface area contributed by atoms with Crippen LogP contribution < -0.4 is 5.32 Å². The summed E-state index contributed by atoms with van der Waals surface area (Å²) in [7, 11) is 1.70. The maximum absolute atomic E-state index is 12.1. The number of hydrogen-bond acceptors (Lipinski definition) is 2. The van der Waals surface area contributed by atoms with Crippen molar-refractivity contribution in [1.29, 1.82) is 0 Å². The highest BCUT2D eigenvalue weighted by molar-refractivity contribution is 6.18. The summed E-state index contributed by atoms with van der Waals surface area (Å²) in [5, 5.41) is 3.09. The second-order valence-corrected chi connectivity index (χ2v) is 5.35. The quantitative estimate of drug-likeness (QED) is 0.716. The Bertz CT molecular complexity index is 246. The molecule has 1 fully saturated rings. The molecule has 0 aromatic carbocycles. The SMILES string of the molecule is CCC(CC)(CCl)NC(=O)CC1(OC)CCC1. The molecule has 3 nitrogen and oxygen atoms in total. The lowest BCUT2D eigenvalue weighted by atomic mass is 9.77. The summed E-state index contributed by atoms with van der Waals surface area (Å²) in [5.74, 6) is 0.530. The molecule has 0 radical (unpaired) electrons. The Morgan fingerprint density at radius 2 is 2.00 bits per heavy atom. The van der Waals surface area contributed by atoms with Crippen LogP contribution in [0.3, 0.4) is 0 Å². The summed E-state index contributed by atoms with van der Waals surface area (Å²) in [4.78, 5) is 12.1. The van der Waals surface area contributed by atoms with Gasteiger partial charge in [-0.05, 0) is 32.1 Å². The fourth-order valence-corrected chi connectivity index (χ4v) is 2.75. The minimum absolute atomic E-state index is 0.0656. The van der Waals surface area contributed by atoms with E-state index < -0.39 is 0 Å². The van der Waals surface area contributed by atoms with Gasteiger partial charge in [0.1, 0.15) is 0 Å². The number of methoxy groups -OCH3 is 1. The van der Waals surface area contributed by atoms with Crippen LogP contribution in [0.1, 0.15) is 52.4 Å². The molecule has 1 aliphatic carbocycles. The maximum atomic E-state index is 12.1. The molecular weight excluding hydrogens is 238 g/mol.